The van der Waals surface area contributed by atoms with Crippen molar-refractivity contribution < 1.29 is 34.4 Å². The van der Waals surface area contributed by atoms with E-state index in [9.17, 15) is 19.8 Å². The second kappa shape index (κ2) is 13.8. The summed E-state index contributed by atoms with van der Waals surface area (Å²) in [6.45, 7) is 2.34. The molecule has 2 saturated carbocycles. The molecule has 0 aromatic heterocycles. The predicted molar refractivity (Wildman–Crippen MR) is 144 cm³/mol. The molecule has 4 rings (SSSR count). The summed E-state index contributed by atoms with van der Waals surface area (Å²) >= 11 is 0. The van der Waals surface area contributed by atoms with Crippen LogP contribution in [0.1, 0.15) is 88.7 Å². The molecular weight excluding hydrogens is 484 g/mol. The van der Waals surface area contributed by atoms with E-state index in [4.69, 9.17) is 14.6 Å². The number of benzene rings is 1. The van der Waals surface area contributed by atoms with Crippen LogP contribution >= 0.6 is 0 Å². The first-order valence-corrected chi connectivity index (χ1v) is 14.8. The molecule has 38 heavy (non-hydrogen) atoms. The van der Waals surface area contributed by atoms with Gasteiger partial charge < -0.3 is 24.8 Å². The third kappa shape index (κ3) is 7.50. The molecule has 7 heteroatoms. The number of carbonyl (C=O) groups excluding carboxylic acids is 1. The molecule has 3 aliphatic carbocycles. The van der Waals surface area contributed by atoms with Crippen LogP contribution in [0.5, 0.6) is 5.75 Å². The largest absolute Gasteiger partial charge is 0.482 e. The van der Waals surface area contributed by atoms with Gasteiger partial charge in [0.2, 0.25) is 0 Å². The number of esters is 1. The number of hydrogen-bond donors (Lipinski definition) is 3. The van der Waals surface area contributed by atoms with Crippen LogP contribution in [0.2, 0.25) is 0 Å². The van der Waals surface area contributed by atoms with Crippen molar-refractivity contribution in [3.05, 3.63) is 29.3 Å². The van der Waals surface area contributed by atoms with Crippen molar-refractivity contribution in [3.63, 3.8) is 0 Å². The van der Waals surface area contributed by atoms with Crippen molar-refractivity contribution in [2.45, 2.75) is 103 Å². The number of aliphatic carboxylic acids is 1. The number of carboxylic acid groups (broad SMARTS) is 1. The Kier molecular flexibility index (Phi) is 10.5. The number of ether oxygens (including phenoxy) is 2. The van der Waals surface area contributed by atoms with Gasteiger partial charge >= 0.3 is 11.9 Å². The van der Waals surface area contributed by atoms with Gasteiger partial charge in [-0.15, -0.1) is 0 Å². The molecule has 0 bridgehead atoms. The molecule has 3 aliphatic rings. The zero-order valence-corrected chi connectivity index (χ0v) is 22.9. The van der Waals surface area contributed by atoms with Gasteiger partial charge in [0.1, 0.15) is 5.75 Å². The molecule has 0 amide bonds. The maximum atomic E-state index is 12.4. The van der Waals surface area contributed by atoms with Gasteiger partial charge in [-0.25, -0.2) is 4.79 Å². The average molecular weight is 531 g/mol. The van der Waals surface area contributed by atoms with Gasteiger partial charge in [0.05, 0.1) is 24.7 Å². The summed E-state index contributed by atoms with van der Waals surface area (Å²) in [6.07, 6.45) is 10.6. The summed E-state index contributed by atoms with van der Waals surface area (Å²) in [5.41, 5.74) is 2.37. The summed E-state index contributed by atoms with van der Waals surface area (Å²) in [6, 6.07) is 6.01. The smallest absolute Gasteiger partial charge is 0.344 e. The molecule has 1 aromatic carbocycles. The van der Waals surface area contributed by atoms with Crippen molar-refractivity contribution in [1.82, 2.24) is 0 Å². The maximum absolute atomic E-state index is 12.4. The highest BCUT2D eigenvalue weighted by atomic mass is 16.6. The van der Waals surface area contributed by atoms with E-state index in [0.717, 1.165) is 81.9 Å². The lowest BCUT2D eigenvalue weighted by Gasteiger charge is -2.32. The fraction of sp³-hybridized carbons (Fsp3) is 0.742. The third-order valence-electron chi connectivity index (χ3n) is 9.34. The second-order valence-electron chi connectivity index (χ2n) is 11.9. The van der Waals surface area contributed by atoms with Crippen LogP contribution in [-0.4, -0.2) is 52.7 Å². The van der Waals surface area contributed by atoms with E-state index in [1.54, 1.807) is 0 Å². The van der Waals surface area contributed by atoms with E-state index in [-0.39, 0.29) is 36.6 Å². The molecule has 2 fully saturated rings. The topological polar surface area (TPSA) is 113 Å². The van der Waals surface area contributed by atoms with Crippen molar-refractivity contribution in [1.29, 1.82) is 0 Å². The Morgan fingerprint density at radius 2 is 1.87 bits per heavy atom. The van der Waals surface area contributed by atoms with Gasteiger partial charge in [-0.1, -0.05) is 38.3 Å². The van der Waals surface area contributed by atoms with Gasteiger partial charge in [0, 0.05) is 0 Å². The number of hydrogen-bond acceptors (Lipinski definition) is 6. The maximum Gasteiger partial charge on any atom is 0.344 e. The fourth-order valence-corrected chi connectivity index (χ4v) is 7.06. The molecular formula is C31H46O7. The number of unbranched alkanes of at least 4 members (excludes halogenated alkanes) is 2. The van der Waals surface area contributed by atoms with Crippen LogP contribution in [0, 0.1) is 29.6 Å². The zero-order chi connectivity index (χ0) is 27.1. The van der Waals surface area contributed by atoms with Crippen LogP contribution in [0.15, 0.2) is 18.2 Å². The SMILES string of the molecule is CCCCC[C@H](O)CC[C@@H]1[C@H]2Cc3cccc(OCC(=O)OCC4CCC(C(=O)O)CC4)c3C[C@H]2C[C@H]1O. The molecule has 212 valence electrons. The van der Waals surface area contributed by atoms with Gasteiger partial charge in [-0.3, -0.25) is 4.79 Å². The van der Waals surface area contributed by atoms with E-state index in [2.05, 4.69) is 13.0 Å². The Labute approximate surface area is 226 Å². The lowest BCUT2D eigenvalue weighted by Crippen LogP contribution is -2.28. The Morgan fingerprint density at radius 1 is 1.08 bits per heavy atom. The summed E-state index contributed by atoms with van der Waals surface area (Å²) in [5.74, 6) is 0.566. The Hall–Kier alpha value is -2.12. The summed E-state index contributed by atoms with van der Waals surface area (Å²) in [7, 11) is 0. The molecule has 5 atom stereocenters. The highest BCUT2D eigenvalue weighted by Crippen LogP contribution is 2.48. The van der Waals surface area contributed by atoms with Crippen LogP contribution in [-0.2, 0) is 27.2 Å². The first-order chi connectivity index (χ1) is 18.4. The molecule has 0 spiro atoms. The fourth-order valence-electron chi connectivity index (χ4n) is 7.06. The highest BCUT2D eigenvalue weighted by Gasteiger charge is 2.45. The minimum atomic E-state index is -0.731. The number of carboxylic acids is 1. The predicted octanol–water partition coefficient (Wildman–Crippen LogP) is 4.93. The molecule has 0 unspecified atom stereocenters. The quantitative estimate of drug-likeness (QED) is 0.245. The van der Waals surface area contributed by atoms with Crippen LogP contribution in [0.25, 0.3) is 0 Å². The molecule has 0 radical (unpaired) electrons. The number of fused-ring (bicyclic) bond motifs is 2. The Bertz CT molecular complexity index is 923. The van der Waals surface area contributed by atoms with Gasteiger partial charge in [0.15, 0.2) is 6.61 Å². The van der Waals surface area contributed by atoms with E-state index >= 15 is 0 Å². The number of aliphatic hydroxyl groups is 2. The van der Waals surface area contributed by atoms with Crippen molar-refractivity contribution >= 4 is 11.9 Å². The molecule has 1 aromatic rings. The van der Waals surface area contributed by atoms with E-state index < -0.39 is 11.9 Å². The van der Waals surface area contributed by atoms with Crippen LogP contribution in [0.3, 0.4) is 0 Å². The van der Waals surface area contributed by atoms with Crippen molar-refractivity contribution in [2.24, 2.45) is 29.6 Å². The third-order valence-corrected chi connectivity index (χ3v) is 9.34. The Balaban J connectivity index is 1.25. The average Bonchev–Trinajstić information content (AvgIpc) is 3.22. The summed E-state index contributed by atoms with van der Waals surface area (Å²) in [4.78, 5) is 23.5. The molecule has 7 nitrogen and oxygen atoms in total. The number of rotatable bonds is 13. The van der Waals surface area contributed by atoms with Gasteiger partial charge in [-0.2, -0.15) is 0 Å². The van der Waals surface area contributed by atoms with Crippen molar-refractivity contribution in [2.75, 3.05) is 13.2 Å². The molecule has 0 heterocycles. The molecule has 3 N–H and O–H groups in total. The van der Waals surface area contributed by atoms with Crippen LogP contribution in [0.4, 0.5) is 0 Å². The molecule has 0 saturated heterocycles. The van der Waals surface area contributed by atoms with Crippen molar-refractivity contribution in [3.8, 4) is 5.75 Å². The van der Waals surface area contributed by atoms with E-state index in [1.165, 1.54) is 5.56 Å². The second-order valence-corrected chi connectivity index (χ2v) is 11.9. The zero-order valence-electron chi connectivity index (χ0n) is 22.9. The summed E-state index contributed by atoms with van der Waals surface area (Å²) < 4.78 is 11.4. The van der Waals surface area contributed by atoms with E-state index in [0.29, 0.717) is 31.3 Å². The number of carbonyl (C=O) groups is 2. The standard InChI is InChI=1S/C31H46O7/c1-2-3-4-7-24(32)13-14-25-26-15-22-6-5-8-29(27(22)16-23(26)17-28(25)33)37-19-30(34)38-18-20-9-11-21(12-10-20)31(35)36/h5-6,8,20-21,23-26,28,32-33H,2-4,7,9-19H2,1H3,(H,35,36)/t20?,21?,23-,24-,25+,26-,28+/m0/s1. The lowest BCUT2D eigenvalue weighted by molar-refractivity contribution is -0.149. The summed E-state index contributed by atoms with van der Waals surface area (Å²) in [5, 5.41) is 30.4. The van der Waals surface area contributed by atoms with E-state index in [1.807, 2.05) is 12.1 Å². The monoisotopic (exact) mass is 530 g/mol. The van der Waals surface area contributed by atoms with Gasteiger partial charge in [-0.05, 0) is 105 Å². The van der Waals surface area contributed by atoms with Gasteiger partial charge in [0.25, 0.3) is 0 Å². The first kappa shape index (κ1) is 28.9. The first-order valence-electron chi connectivity index (χ1n) is 14.8. The lowest BCUT2D eigenvalue weighted by atomic mass is 9.73. The highest BCUT2D eigenvalue weighted by molar-refractivity contribution is 5.71. The van der Waals surface area contributed by atoms with Crippen LogP contribution < -0.4 is 4.74 Å². The Morgan fingerprint density at radius 3 is 2.61 bits per heavy atom. The molecule has 0 aliphatic heterocycles. The normalized spacial score (nSPS) is 29.2. The number of aliphatic hydroxyl groups excluding tert-OH is 2. The minimum Gasteiger partial charge on any atom is -0.482 e. The minimum absolute atomic E-state index is 0.143.